The van der Waals surface area contributed by atoms with Gasteiger partial charge in [0, 0.05) is 5.02 Å². The molecule has 22 heavy (non-hydrogen) atoms. The van der Waals surface area contributed by atoms with Gasteiger partial charge < -0.3 is 10.1 Å². The topological polar surface area (TPSA) is 38.3 Å². The molecule has 2 rings (SSSR count). The number of halogens is 2. The van der Waals surface area contributed by atoms with Crippen LogP contribution in [0.3, 0.4) is 0 Å². The molecule has 0 aliphatic carbocycles. The Labute approximate surface area is 140 Å². The van der Waals surface area contributed by atoms with Gasteiger partial charge in [0.15, 0.2) is 6.10 Å². The summed E-state index contributed by atoms with van der Waals surface area (Å²) in [7, 11) is 0. The first-order valence-electron chi connectivity index (χ1n) is 6.86. The fourth-order valence-electron chi connectivity index (χ4n) is 1.90. The third kappa shape index (κ3) is 4.15. The number of hydrogen-bond donors (Lipinski definition) is 1. The lowest BCUT2D eigenvalue weighted by molar-refractivity contribution is -0.122. The number of rotatable bonds is 4. The van der Waals surface area contributed by atoms with E-state index in [4.69, 9.17) is 27.9 Å². The van der Waals surface area contributed by atoms with Crippen molar-refractivity contribution in [2.75, 3.05) is 5.32 Å². The zero-order chi connectivity index (χ0) is 16.3. The monoisotopic (exact) mass is 337 g/mol. The Morgan fingerprint density at radius 3 is 2.55 bits per heavy atom. The predicted molar refractivity (Wildman–Crippen MR) is 91.1 cm³/mol. The molecule has 3 nitrogen and oxygen atoms in total. The number of carbonyl (C=O) groups is 1. The van der Waals surface area contributed by atoms with Crippen molar-refractivity contribution >= 4 is 34.8 Å². The molecule has 116 valence electrons. The van der Waals surface area contributed by atoms with E-state index in [1.165, 1.54) is 0 Å². The van der Waals surface area contributed by atoms with Crippen molar-refractivity contribution in [2.45, 2.75) is 26.9 Å². The molecule has 0 aromatic heterocycles. The third-order valence-corrected chi connectivity index (χ3v) is 3.75. The molecule has 0 radical (unpaired) electrons. The van der Waals surface area contributed by atoms with E-state index in [2.05, 4.69) is 5.32 Å². The summed E-state index contributed by atoms with van der Waals surface area (Å²) in [6, 6.07) is 10.8. The van der Waals surface area contributed by atoms with E-state index >= 15 is 0 Å². The van der Waals surface area contributed by atoms with Crippen LogP contribution in [-0.2, 0) is 4.79 Å². The molecule has 0 heterocycles. The van der Waals surface area contributed by atoms with E-state index in [-0.39, 0.29) is 5.91 Å². The molecule has 0 aliphatic rings. The molecule has 1 atom stereocenters. The Kier molecular flexibility index (Phi) is 5.33. The van der Waals surface area contributed by atoms with Crippen molar-refractivity contribution in [1.82, 2.24) is 0 Å². The van der Waals surface area contributed by atoms with Crippen molar-refractivity contribution in [2.24, 2.45) is 0 Å². The molecule has 1 N–H and O–H groups in total. The molecule has 2 aromatic carbocycles. The number of anilines is 1. The van der Waals surface area contributed by atoms with Crippen LogP contribution >= 0.6 is 23.2 Å². The standard InChI is InChI=1S/C17H17Cl2NO2/c1-10-4-5-11(2)16(8-10)22-12(3)17(21)20-15-7-6-13(18)9-14(15)19/h4-9,12H,1-3H3,(H,20,21)/t12-/m0/s1. The van der Waals surface area contributed by atoms with Gasteiger partial charge in [-0.25, -0.2) is 0 Å². The van der Waals surface area contributed by atoms with Gasteiger partial charge in [0.2, 0.25) is 0 Å². The van der Waals surface area contributed by atoms with Gasteiger partial charge in [-0.05, 0) is 56.2 Å². The van der Waals surface area contributed by atoms with Gasteiger partial charge in [0.1, 0.15) is 5.75 Å². The molecule has 2 aromatic rings. The van der Waals surface area contributed by atoms with E-state index < -0.39 is 6.10 Å². The highest BCUT2D eigenvalue weighted by molar-refractivity contribution is 6.36. The summed E-state index contributed by atoms with van der Waals surface area (Å²) in [6.07, 6.45) is -0.646. The Balaban J connectivity index is 2.07. The van der Waals surface area contributed by atoms with Crippen molar-refractivity contribution in [1.29, 1.82) is 0 Å². The SMILES string of the molecule is Cc1ccc(C)c(O[C@@H](C)C(=O)Nc2ccc(Cl)cc2Cl)c1. The molecule has 0 unspecified atom stereocenters. The maximum absolute atomic E-state index is 12.2. The first kappa shape index (κ1) is 16.7. The number of aryl methyl sites for hydroxylation is 2. The molecule has 0 bridgehead atoms. The number of carbonyl (C=O) groups excluding carboxylic acids is 1. The first-order valence-corrected chi connectivity index (χ1v) is 7.62. The van der Waals surface area contributed by atoms with E-state index in [9.17, 15) is 4.79 Å². The van der Waals surface area contributed by atoms with Crippen LogP contribution in [0, 0.1) is 13.8 Å². The summed E-state index contributed by atoms with van der Waals surface area (Å²) in [5.41, 5.74) is 2.57. The van der Waals surface area contributed by atoms with Gasteiger partial charge in [0.05, 0.1) is 10.7 Å². The van der Waals surface area contributed by atoms with Crippen molar-refractivity contribution in [3.05, 3.63) is 57.6 Å². The van der Waals surface area contributed by atoms with Crippen LogP contribution in [0.2, 0.25) is 10.0 Å². The zero-order valence-corrected chi connectivity index (χ0v) is 14.1. The normalized spacial score (nSPS) is 11.9. The Morgan fingerprint density at radius 1 is 1.14 bits per heavy atom. The first-order chi connectivity index (χ1) is 10.4. The summed E-state index contributed by atoms with van der Waals surface area (Å²) in [4.78, 5) is 12.2. The van der Waals surface area contributed by atoms with Crippen LogP contribution < -0.4 is 10.1 Å². The van der Waals surface area contributed by atoms with Crippen LogP contribution in [0.15, 0.2) is 36.4 Å². The van der Waals surface area contributed by atoms with Gasteiger partial charge in [0.25, 0.3) is 5.91 Å². The maximum Gasteiger partial charge on any atom is 0.265 e. The highest BCUT2D eigenvalue weighted by atomic mass is 35.5. The van der Waals surface area contributed by atoms with Gasteiger partial charge in [-0.2, -0.15) is 0 Å². The van der Waals surface area contributed by atoms with Crippen LogP contribution in [0.5, 0.6) is 5.75 Å². The second-order valence-electron chi connectivity index (χ2n) is 5.14. The smallest absolute Gasteiger partial charge is 0.265 e. The fraction of sp³-hybridized carbons (Fsp3) is 0.235. The summed E-state index contributed by atoms with van der Waals surface area (Å²) in [5.74, 6) is 0.426. The second kappa shape index (κ2) is 7.03. The molecule has 0 spiro atoms. The molecule has 5 heteroatoms. The average Bonchev–Trinajstić information content (AvgIpc) is 2.45. The maximum atomic E-state index is 12.2. The van der Waals surface area contributed by atoms with Crippen LogP contribution in [-0.4, -0.2) is 12.0 Å². The van der Waals surface area contributed by atoms with Gasteiger partial charge in [-0.15, -0.1) is 0 Å². The third-order valence-electron chi connectivity index (χ3n) is 3.21. The summed E-state index contributed by atoms with van der Waals surface area (Å²) in [5, 5.41) is 3.64. The van der Waals surface area contributed by atoms with Crippen LogP contribution in [0.25, 0.3) is 0 Å². The minimum Gasteiger partial charge on any atom is -0.481 e. The van der Waals surface area contributed by atoms with Crippen molar-refractivity contribution in [3.8, 4) is 5.75 Å². The number of benzene rings is 2. The second-order valence-corrected chi connectivity index (χ2v) is 5.99. The number of amides is 1. The molecular weight excluding hydrogens is 321 g/mol. The van der Waals surface area contributed by atoms with E-state index in [0.717, 1.165) is 11.1 Å². The Hall–Kier alpha value is -1.71. The largest absolute Gasteiger partial charge is 0.481 e. The minimum atomic E-state index is -0.646. The summed E-state index contributed by atoms with van der Waals surface area (Å²) < 4.78 is 5.74. The van der Waals surface area contributed by atoms with E-state index in [0.29, 0.717) is 21.5 Å². The molecule has 0 fully saturated rings. The lowest BCUT2D eigenvalue weighted by Gasteiger charge is -2.17. The van der Waals surface area contributed by atoms with E-state index in [1.807, 2.05) is 32.0 Å². The Bertz CT molecular complexity index is 701. The highest BCUT2D eigenvalue weighted by Gasteiger charge is 2.17. The molecular formula is C17H17Cl2NO2. The van der Waals surface area contributed by atoms with Crippen LogP contribution in [0.4, 0.5) is 5.69 Å². The van der Waals surface area contributed by atoms with Crippen molar-refractivity contribution in [3.63, 3.8) is 0 Å². The minimum absolute atomic E-state index is 0.273. The Morgan fingerprint density at radius 2 is 1.86 bits per heavy atom. The van der Waals surface area contributed by atoms with Gasteiger partial charge in [-0.3, -0.25) is 4.79 Å². The average molecular weight is 338 g/mol. The van der Waals surface area contributed by atoms with E-state index in [1.54, 1.807) is 25.1 Å². The molecule has 0 aliphatic heterocycles. The van der Waals surface area contributed by atoms with Crippen LogP contribution in [0.1, 0.15) is 18.1 Å². The van der Waals surface area contributed by atoms with Gasteiger partial charge >= 0.3 is 0 Å². The quantitative estimate of drug-likeness (QED) is 0.850. The van der Waals surface area contributed by atoms with Gasteiger partial charge in [-0.1, -0.05) is 35.3 Å². The number of hydrogen-bond acceptors (Lipinski definition) is 2. The lowest BCUT2D eigenvalue weighted by atomic mass is 10.1. The fourth-order valence-corrected chi connectivity index (χ4v) is 2.36. The highest BCUT2D eigenvalue weighted by Crippen LogP contribution is 2.26. The summed E-state index contributed by atoms with van der Waals surface area (Å²) in [6.45, 7) is 5.61. The number of ether oxygens (including phenoxy) is 1. The van der Waals surface area contributed by atoms with Crippen molar-refractivity contribution < 1.29 is 9.53 Å². The predicted octanol–water partition coefficient (Wildman–Crippen LogP) is 5.02. The molecule has 0 saturated carbocycles. The molecule has 1 amide bonds. The number of nitrogens with one attached hydrogen (secondary N) is 1. The lowest BCUT2D eigenvalue weighted by Crippen LogP contribution is -2.30. The zero-order valence-electron chi connectivity index (χ0n) is 12.6. The summed E-state index contributed by atoms with van der Waals surface area (Å²) >= 11 is 11.9. The molecule has 0 saturated heterocycles.